The number of rotatable bonds is 7. The Morgan fingerprint density at radius 1 is 0.800 bits per heavy atom. The molecule has 0 N–H and O–H groups in total. The van der Waals surface area contributed by atoms with Crippen molar-refractivity contribution in [3.63, 3.8) is 0 Å². The molecular weight excluding hydrogens is 263 g/mol. The maximum absolute atomic E-state index is 12.8. The molecule has 0 spiro atoms. The molecule has 0 radical (unpaired) electrons. The van der Waals surface area contributed by atoms with Crippen LogP contribution in [-0.4, -0.2) is 12.3 Å². The van der Waals surface area contributed by atoms with Gasteiger partial charge in [-0.05, 0) is 29.8 Å². The van der Waals surface area contributed by atoms with E-state index in [-0.39, 0.29) is 0 Å². The molecule has 2 heteroatoms. The van der Waals surface area contributed by atoms with Crippen molar-refractivity contribution in [2.75, 3.05) is 12.3 Å². The third-order valence-corrected chi connectivity index (χ3v) is 6.20. The molecule has 0 aliphatic heterocycles. The molecule has 0 amide bonds. The quantitative estimate of drug-likeness (QED) is 0.655. The first-order valence-corrected chi connectivity index (χ1v) is 9.16. The highest BCUT2D eigenvalue weighted by atomic mass is 31.2. The second-order valence-electron chi connectivity index (χ2n) is 5.05. The van der Waals surface area contributed by atoms with Gasteiger partial charge in [-0.25, -0.2) is 0 Å². The van der Waals surface area contributed by atoms with Crippen LogP contribution in [0, 0.1) is 0 Å². The SMILES string of the molecule is C=CP(=O)(CCc1ccccc1)CCc1ccccc1. The van der Waals surface area contributed by atoms with E-state index in [1.165, 1.54) is 11.1 Å². The summed E-state index contributed by atoms with van der Waals surface area (Å²) in [5.74, 6) is 1.69. The molecule has 0 saturated heterocycles. The summed E-state index contributed by atoms with van der Waals surface area (Å²) in [6.07, 6.45) is 3.15. The normalized spacial score (nSPS) is 11.2. The molecule has 0 saturated carbocycles. The molecule has 0 aliphatic rings. The van der Waals surface area contributed by atoms with E-state index in [1.54, 1.807) is 5.82 Å². The molecule has 2 rings (SSSR count). The van der Waals surface area contributed by atoms with Crippen molar-refractivity contribution in [1.82, 2.24) is 0 Å². The molecule has 0 aromatic heterocycles. The van der Waals surface area contributed by atoms with Gasteiger partial charge in [-0.3, -0.25) is 0 Å². The van der Waals surface area contributed by atoms with Gasteiger partial charge in [0.2, 0.25) is 0 Å². The van der Waals surface area contributed by atoms with Crippen molar-refractivity contribution in [3.8, 4) is 0 Å². The van der Waals surface area contributed by atoms with Crippen LogP contribution in [-0.2, 0) is 17.4 Å². The van der Waals surface area contributed by atoms with Crippen molar-refractivity contribution in [3.05, 3.63) is 84.2 Å². The van der Waals surface area contributed by atoms with Gasteiger partial charge in [0.1, 0.15) is 7.14 Å². The summed E-state index contributed by atoms with van der Waals surface area (Å²) >= 11 is 0. The zero-order valence-electron chi connectivity index (χ0n) is 11.7. The van der Waals surface area contributed by atoms with E-state index in [4.69, 9.17) is 0 Å². The Bertz CT molecular complexity index is 527. The Balaban J connectivity index is 1.92. The number of benzene rings is 2. The molecule has 0 aliphatic carbocycles. The lowest BCUT2D eigenvalue weighted by Crippen LogP contribution is -2.00. The first-order chi connectivity index (χ1) is 9.72. The van der Waals surface area contributed by atoms with E-state index in [2.05, 4.69) is 30.8 Å². The van der Waals surface area contributed by atoms with Crippen molar-refractivity contribution in [2.45, 2.75) is 12.8 Å². The van der Waals surface area contributed by atoms with Crippen LogP contribution in [0.15, 0.2) is 73.1 Å². The Kier molecular flexibility index (Phi) is 5.38. The van der Waals surface area contributed by atoms with Crippen LogP contribution in [0.1, 0.15) is 11.1 Å². The van der Waals surface area contributed by atoms with Crippen molar-refractivity contribution in [2.24, 2.45) is 0 Å². The molecule has 2 aromatic carbocycles. The summed E-state index contributed by atoms with van der Waals surface area (Å²) in [4.78, 5) is 0. The Labute approximate surface area is 121 Å². The molecule has 20 heavy (non-hydrogen) atoms. The average Bonchev–Trinajstić information content (AvgIpc) is 2.53. The van der Waals surface area contributed by atoms with Crippen LogP contribution >= 0.6 is 7.14 Å². The van der Waals surface area contributed by atoms with Crippen LogP contribution < -0.4 is 0 Å². The molecular formula is C18H21OP. The van der Waals surface area contributed by atoms with Gasteiger partial charge in [-0.1, -0.05) is 67.2 Å². The van der Waals surface area contributed by atoms with E-state index in [9.17, 15) is 4.57 Å². The summed E-state index contributed by atoms with van der Waals surface area (Å²) < 4.78 is 12.8. The van der Waals surface area contributed by atoms with E-state index in [0.717, 1.165) is 12.8 Å². The lowest BCUT2D eigenvalue weighted by Gasteiger charge is -2.14. The van der Waals surface area contributed by atoms with Gasteiger partial charge in [0.05, 0.1) is 0 Å². The molecule has 0 fully saturated rings. The van der Waals surface area contributed by atoms with Crippen molar-refractivity contribution < 1.29 is 4.57 Å². The minimum Gasteiger partial charge on any atom is -0.319 e. The minimum absolute atomic E-state index is 0.716. The van der Waals surface area contributed by atoms with Crippen LogP contribution in [0.2, 0.25) is 0 Å². The van der Waals surface area contributed by atoms with Crippen molar-refractivity contribution >= 4 is 7.14 Å². The second-order valence-corrected chi connectivity index (χ2v) is 8.22. The highest BCUT2D eigenvalue weighted by Gasteiger charge is 2.17. The van der Waals surface area contributed by atoms with Gasteiger partial charge in [0.15, 0.2) is 0 Å². The number of hydrogen-bond acceptors (Lipinski definition) is 1. The van der Waals surface area contributed by atoms with Crippen LogP contribution in [0.3, 0.4) is 0 Å². The first-order valence-electron chi connectivity index (χ1n) is 7.01. The number of aryl methyl sites for hydroxylation is 2. The Morgan fingerprint density at radius 3 is 1.55 bits per heavy atom. The maximum atomic E-state index is 12.8. The van der Waals surface area contributed by atoms with Crippen LogP contribution in [0.4, 0.5) is 0 Å². The topological polar surface area (TPSA) is 17.1 Å². The number of hydrogen-bond donors (Lipinski definition) is 0. The van der Waals surface area contributed by atoms with Gasteiger partial charge >= 0.3 is 0 Å². The highest BCUT2D eigenvalue weighted by Crippen LogP contribution is 2.47. The molecule has 0 atom stereocenters. The molecule has 104 valence electrons. The second kappa shape index (κ2) is 7.26. The zero-order valence-corrected chi connectivity index (χ0v) is 12.6. The molecule has 2 aromatic rings. The van der Waals surface area contributed by atoms with Crippen LogP contribution in [0.25, 0.3) is 0 Å². The molecule has 1 nitrogen and oxygen atoms in total. The van der Waals surface area contributed by atoms with Crippen LogP contribution in [0.5, 0.6) is 0 Å². The first kappa shape index (κ1) is 14.8. The van der Waals surface area contributed by atoms with Gasteiger partial charge in [-0.15, -0.1) is 0 Å². The summed E-state index contributed by atoms with van der Waals surface area (Å²) in [5.41, 5.74) is 2.49. The Hall–Kier alpha value is -1.59. The standard InChI is InChI=1S/C18H21OP/c1-2-20(19,15-13-17-9-5-3-6-10-17)16-14-18-11-7-4-8-12-18/h2-12H,1,13-16H2. The third kappa shape index (κ3) is 4.51. The fourth-order valence-electron chi connectivity index (χ4n) is 2.22. The van der Waals surface area contributed by atoms with Crippen molar-refractivity contribution in [1.29, 1.82) is 0 Å². The van der Waals surface area contributed by atoms with E-state index >= 15 is 0 Å². The summed E-state index contributed by atoms with van der Waals surface area (Å²) in [7, 11) is -2.27. The van der Waals surface area contributed by atoms with E-state index in [0.29, 0.717) is 12.3 Å². The fraction of sp³-hybridized carbons (Fsp3) is 0.222. The minimum atomic E-state index is -2.27. The molecule has 0 bridgehead atoms. The smallest absolute Gasteiger partial charge is 0.108 e. The zero-order chi connectivity index (χ0) is 14.3. The predicted molar refractivity (Wildman–Crippen MR) is 87.8 cm³/mol. The predicted octanol–water partition coefficient (Wildman–Crippen LogP) is 4.98. The molecule has 0 unspecified atom stereocenters. The van der Waals surface area contributed by atoms with Gasteiger partial charge in [-0.2, -0.15) is 0 Å². The third-order valence-electron chi connectivity index (χ3n) is 3.58. The molecule has 0 heterocycles. The van der Waals surface area contributed by atoms with E-state index < -0.39 is 7.14 Å². The maximum Gasteiger partial charge on any atom is 0.108 e. The fourth-order valence-corrected chi connectivity index (χ4v) is 4.08. The van der Waals surface area contributed by atoms with Gasteiger partial charge < -0.3 is 4.57 Å². The van der Waals surface area contributed by atoms with E-state index in [1.807, 2.05) is 36.4 Å². The lowest BCUT2D eigenvalue weighted by atomic mass is 10.2. The monoisotopic (exact) mass is 284 g/mol. The average molecular weight is 284 g/mol. The van der Waals surface area contributed by atoms with Gasteiger partial charge in [0.25, 0.3) is 0 Å². The van der Waals surface area contributed by atoms with Gasteiger partial charge in [0, 0.05) is 12.3 Å². The largest absolute Gasteiger partial charge is 0.319 e. The summed E-state index contributed by atoms with van der Waals surface area (Å²) in [6.45, 7) is 3.79. The highest BCUT2D eigenvalue weighted by molar-refractivity contribution is 7.67. The summed E-state index contributed by atoms with van der Waals surface area (Å²) in [6, 6.07) is 20.5. The lowest BCUT2D eigenvalue weighted by molar-refractivity contribution is 0.579. The Morgan fingerprint density at radius 2 is 1.20 bits per heavy atom. The summed E-state index contributed by atoms with van der Waals surface area (Å²) in [5, 5.41) is 0.